The van der Waals surface area contributed by atoms with Crippen LogP contribution in [0.2, 0.25) is 0 Å². The minimum Gasteiger partial charge on any atom is -0.496 e. The second-order valence-electron chi connectivity index (χ2n) is 7.86. The van der Waals surface area contributed by atoms with E-state index in [1.807, 2.05) is 24.3 Å². The Bertz CT molecular complexity index is 839. The molecule has 0 radical (unpaired) electrons. The van der Waals surface area contributed by atoms with Crippen molar-refractivity contribution in [1.82, 2.24) is 5.32 Å². The third-order valence-electron chi connectivity index (χ3n) is 5.81. The van der Waals surface area contributed by atoms with Gasteiger partial charge < -0.3 is 14.8 Å². The number of halogens is 1. The topological polar surface area (TPSA) is 47.6 Å². The Morgan fingerprint density at radius 2 is 1.89 bits per heavy atom. The van der Waals surface area contributed by atoms with E-state index < -0.39 is 5.41 Å². The van der Waals surface area contributed by atoms with Gasteiger partial charge in [-0.15, -0.1) is 0 Å². The standard InChI is InChI=1S/C23H26FNO3/c1-27-21-9-6-18(24)14-20(21)17-4-2-16(3-5-17)15-23(10-12-28-13-11-23)22(26)25-19-7-8-19/h2-6,9,14,19H,7-8,10-13,15H2,1H3,(H,25,26). The van der Waals surface area contributed by atoms with E-state index in [0.29, 0.717) is 31.4 Å². The van der Waals surface area contributed by atoms with Crippen molar-refractivity contribution in [1.29, 1.82) is 0 Å². The van der Waals surface area contributed by atoms with Crippen LogP contribution in [0.4, 0.5) is 4.39 Å². The van der Waals surface area contributed by atoms with Gasteiger partial charge in [0.2, 0.25) is 5.91 Å². The van der Waals surface area contributed by atoms with Crippen molar-refractivity contribution in [3.8, 4) is 16.9 Å². The van der Waals surface area contributed by atoms with Crippen LogP contribution < -0.4 is 10.1 Å². The summed E-state index contributed by atoms with van der Waals surface area (Å²) in [6.07, 6.45) is 4.34. The SMILES string of the molecule is COc1ccc(F)cc1-c1ccc(CC2(C(=O)NC3CC3)CCOCC2)cc1. The summed E-state index contributed by atoms with van der Waals surface area (Å²) in [7, 11) is 1.58. The molecule has 2 aromatic carbocycles. The lowest BCUT2D eigenvalue weighted by molar-refractivity contribution is -0.136. The van der Waals surface area contributed by atoms with Crippen LogP contribution in [0.25, 0.3) is 11.1 Å². The van der Waals surface area contributed by atoms with Gasteiger partial charge in [0.15, 0.2) is 0 Å². The minimum atomic E-state index is -0.404. The number of ether oxygens (including phenoxy) is 2. The van der Waals surface area contributed by atoms with E-state index >= 15 is 0 Å². The number of methoxy groups -OCH3 is 1. The molecule has 2 fully saturated rings. The van der Waals surface area contributed by atoms with Crippen LogP contribution in [0, 0.1) is 11.2 Å². The zero-order chi connectivity index (χ0) is 19.6. The maximum absolute atomic E-state index is 13.7. The summed E-state index contributed by atoms with van der Waals surface area (Å²) in [5.74, 6) is 0.505. The predicted molar refractivity (Wildman–Crippen MR) is 106 cm³/mol. The molecular weight excluding hydrogens is 357 g/mol. The third kappa shape index (κ3) is 4.04. The Morgan fingerprint density at radius 3 is 2.54 bits per heavy atom. The van der Waals surface area contributed by atoms with Gasteiger partial charge in [-0.25, -0.2) is 4.39 Å². The van der Waals surface area contributed by atoms with Crippen LogP contribution in [0.3, 0.4) is 0 Å². The van der Waals surface area contributed by atoms with E-state index in [9.17, 15) is 9.18 Å². The summed E-state index contributed by atoms with van der Waals surface area (Å²) in [6, 6.07) is 12.9. The monoisotopic (exact) mass is 383 g/mol. The average Bonchev–Trinajstić information content (AvgIpc) is 3.53. The molecule has 1 saturated carbocycles. The molecule has 1 heterocycles. The average molecular weight is 383 g/mol. The lowest BCUT2D eigenvalue weighted by atomic mass is 9.74. The molecule has 1 N–H and O–H groups in total. The van der Waals surface area contributed by atoms with E-state index in [0.717, 1.165) is 42.4 Å². The first kappa shape index (κ1) is 18.9. The molecule has 1 saturated heterocycles. The van der Waals surface area contributed by atoms with E-state index in [1.165, 1.54) is 12.1 Å². The molecule has 2 aliphatic rings. The maximum Gasteiger partial charge on any atom is 0.226 e. The Kier molecular flexibility index (Phi) is 5.36. The highest BCUT2D eigenvalue weighted by Crippen LogP contribution is 2.37. The number of benzene rings is 2. The predicted octanol–water partition coefficient (Wildman–Crippen LogP) is 4.12. The van der Waals surface area contributed by atoms with Crippen molar-refractivity contribution in [3.63, 3.8) is 0 Å². The molecule has 0 bridgehead atoms. The van der Waals surface area contributed by atoms with E-state index in [4.69, 9.17) is 9.47 Å². The van der Waals surface area contributed by atoms with Crippen LogP contribution in [0.5, 0.6) is 5.75 Å². The maximum atomic E-state index is 13.7. The normalized spacial score (nSPS) is 18.5. The minimum absolute atomic E-state index is 0.161. The number of nitrogens with one attached hydrogen (secondary N) is 1. The summed E-state index contributed by atoms with van der Waals surface area (Å²) < 4.78 is 24.6. The Labute approximate surface area is 165 Å². The molecule has 4 nitrogen and oxygen atoms in total. The summed E-state index contributed by atoms with van der Waals surface area (Å²) in [5, 5.41) is 3.19. The lowest BCUT2D eigenvalue weighted by Gasteiger charge is -2.36. The Balaban J connectivity index is 1.55. The molecule has 1 aliphatic carbocycles. The quantitative estimate of drug-likeness (QED) is 0.816. The summed E-state index contributed by atoms with van der Waals surface area (Å²) in [5.41, 5.74) is 2.32. The number of carbonyl (C=O) groups is 1. The van der Waals surface area contributed by atoms with Crippen LogP contribution >= 0.6 is 0 Å². The number of rotatable bonds is 6. The Hall–Kier alpha value is -2.40. The van der Waals surface area contributed by atoms with E-state index in [-0.39, 0.29) is 11.7 Å². The van der Waals surface area contributed by atoms with Crippen LogP contribution in [0.1, 0.15) is 31.2 Å². The second kappa shape index (κ2) is 7.92. The summed E-state index contributed by atoms with van der Waals surface area (Å²) in [4.78, 5) is 13.0. The van der Waals surface area contributed by atoms with Crippen molar-refractivity contribution < 1.29 is 18.7 Å². The molecule has 0 aromatic heterocycles. The van der Waals surface area contributed by atoms with Crippen molar-refractivity contribution in [2.75, 3.05) is 20.3 Å². The molecule has 1 aliphatic heterocycles. The van der Waals surface area contributed by atoms with Gasteiger partial charge in [0.05, 0.1) is 12.5 Å². The van der Waals surface area contributed by atoms with Crippen molar-refractivity contribution >= 4 is 5.91 Å². The zero-order valence-electron chi connectivity index (χ0n) is 16.2. The third-order valence-corrected chi connectivity index (χ3v) is 5.81. The first-order valence-electron chi connectivity index (χ1n) is 9.91. The summed E-state index contributed by atoms with van der Waals surface area (Å²) in [6.45, 7) is 1.24. The first-order chi connectivity index (χ1) is 13.6. The van der Waals surface area contributed by atoms with Crippen LogP contribution in [-0.4, -0.2) is 32.3 Å². The van der Waals surface area contributed by atoms with Gasteiger partial charge in [-0.2, -0.15) is 0 Å². The molecule has 2 aromatic rings. The largest absolute Gasteiger partial charge is 0.496 e. The highest BCUT2D eigenvalue weighted by atomic mass is 19.1. The highest BCUT2D eigenvalue weighted by molar-refractivity contribution is 5.83. The van der Waals surface area contributed by atoms with Gasteiger partial charge >= 0.3 is 0 Å². The van der Waals surface area contributed by atoms with Crippen LogP contribution in [0.15, 0.2) is 42.5 Å². The molecule has 5 heteroatoms. The van der Waals surface area contributed by atoms with Crippen molar-refractivity contribution in [2.24, 2.45) is 5.41 Å². The van der Waals surface area contributed by atoms with Crippen molar-refractivity contribution in [2.45, 2.75) is 38.1 Å². The molecule has 0 atom stereocenters. The molecule has 4 rings (SSSR count). The smallest absolute Gasteiger partial charge is 0.226 e. The second-order valence-corrected chi connectivity index (χ2v) is 7.86. The van der Waals surface area contributed by atoms with Gasteiger partial charge in [-0.1, -0.05) is 24.3 Å². The van der Waals surface area contributed by atoms with E-state index in [2.05, 4.69) is 5.32 Å². The fourth-order valence-corrected chi connectivity index (χ4v) is 3.91. The van der Waals surface area contributed by atoms with Gasteiger partial charge in [0, 0.05) is 24.8 Å². The fraction of sp³-hybridized carbons (Fsp3) is 0.435. The summed E-state index contributed by atoms with van der Waals surface area (Å²) >= 11 is 0. The Morgan fingerprint density at radius 1 is 1.18 bits per heavy atom. The zero-order valence-corrected chi connectivity index (χ0v) is 16.2. The molecule has 1 amide bonds. The van der Waals surface area contributed by atoms with Crippen molar-refractivity contribution in [3.05, 3.63) is 53.8 Å². The number of hydrogen-bond acceptors (Lipinski definition) is 3. The molecule has 0 unspecified atom stereocenters. The molecular formula is C23H26FNO3. The van der Waals surface area contributed by atoms with Crippen LogP contribution in [-0.2, 0) is 16.0 Å². The highest BCUT2D eigenvalue weighted by Gasteiger charge is 2.41. The van der Waals surface area contributed by atoms with Gasteiger partial charge in [-0.05, 0) is 61.4 Å². The van der Waals surface area contributed by atoms with Gasteiger partial charge in [0.25, 0.3) is 0 Å². The first-order valence-corrected chi connectivity index (χ1v) is 9.91. The van der Waals surface area contributed by atoms with Gasteiger partial charge in [0.1, 0.15) is 11.6 Å². The number of carbonyl (C=O) groups excluding carboxylic acids is 1. The fourth-order valence-electron chi connectivity index (χ4n) is 3.91. The van der Waals surface area contributed by atoms with E-state index in [1.54, 1.807) is 13.2 Å². The molecule has 148 valence electrons. The molecule has 0 spiro atoms. The van der Waals surface area contributed by atoms with Gasteiger partial charge in [-0.3, -0.25) is 4.79 Å². The number of hydrogen-bond donors (Lipinski definition) is 1. The number of amides is 1. The molecule has 28 heavy (non-hydrogen) atoms. The lowest BCUT2D eigenvalue weighted by Crippen LogP contribution is -2.46.